The van der Waals surface area contributed by atoms with Gasteiger partial charge in [-0.25, -0.2) is 4.39 Å². The summed E-state index contributed by atoms with van der Waals surface area (Å²) in [5, 5.41) is 4.20. The number of aromatic nitrogens is 2. The first-order valence-corrected chi connectivity index (χ1v) is 8.23. The van der Waals surface area contributed by atoms with Gasteiger partial charge in [-0.1, -0.05) is 49.7 Å². The second kappa shape index (κ2) is 6.97. The lowest BCUT2D eigenvalue weighted by atomic mass is 9.95. The molecule has 0 radical (unpaired) electrons. The predicted octanol–water partition coefficient (Wildman–Crippen LogP) is 4.69. The van der Waals surface area contributed by atoms with E-state index in [4.69, 9.17) is 5.73 Å². The Bertz CT molecular complexity index is 838. The maximum Gasteiger partial charge on any atom is 0.135 e. The highest BCUT2D eigenvalue weighted by atomic mass is 19.1. The summed E-state index contributed by atoms with van der Waals surface area (Å²) in [6.07, 6.45) is 5.46. The average molecular weight is 323 g/mol. The van der Waals surface area contributed by atoms with E-state index in [1.807, 2.05) is 49.8 Å². The van der Waals surface area contributed by atoms with Crippen molar-refractivity contribution in [3.05, 3.63) is 66.2 Å². The van der Waals surface area contributed by atoms with Crippen LogP contribution in [0.5, 0.6) is 0 Å². The maximum absolute atomic E-state index is 15.0. The number of nitrogens with two attached hydrogens (primary N) is 1. The molecular formula is C20H22FN3. The Morgan fingerprint density at radius 3 is 2.58 bits per heavy atom. The summed E-state index contributed by atoms with van der Waals surface area (Å²) < 4.78 is 16.7. The molecule has 0 aliphatic heterocycles. The number of hydrogen-bond acceptors (Lipinski definition) is 2. The van der Waals surface area contributed by atoms with Gasteiger partial charge in [-0.3, -0.25) is 4.68 Å². The molecule has 124 valence electrons. The van der Waals surface area contributed by atoms with E-state index in [9.17, 15) is 4.39 Å². The summed E-state index contributed by atoms with van der Waals surface area (Å²) in [6.45, 7) is 2.05. The van der Waals surface area contributed by atoms with E-state index in [2.05, 4.69) is 12.0 Å². The largest absolute Gasteiger partial charge is 0.324 e. The van der Waals surface area contributed by atoms with Gasteiger partial charge in [0.05, 0.1) is 6.20 Å². The topological polar surface area (TPSA) is 43.8 Å². The van der Waals surface area contributed by atoms with Gasteiger partial charge >= 0.3 is 0 Å². The Morgan fingerprint density at radius 2 is 1.88 bits per heavy atom. The van der Waals surface area contributed by atoms with Crippen LogP contribution in [0, 0.1) is 5.82 Å². The van der Waals surface area contributed by atoms with Crippen LogP contribution in [0.1, 0.15) is 31.4 Å². The number of hydrogen-bond donors (Lipinski definition) is 1. The van der Waals surface area contributed by atoms with Crippen LogP contribution >= 0.6 is 0 Å². The Morgan fingerprint density at radius 1 is 1.12 bits per heavy atom. The highest BCUT2D eigenvalue weighted by Crippen LogP contribution is 2.31. The molecule has 3 rings (SSSR count). The molecule has 1 aromatic heterocycles. The number of nitrogens with zero attached hydrogens (tertiary/aromatic N) is 2. The highest BCUT2D eigenvalue weighted by Gasteiger charge is 2.15. The first kappa shape index (κ1) is 16.4. The molecule has 0 saturated carbocycles. The van der Waals surface area contributed by atoms with E-state index in [1.165, 1.54) is 0 Å². The Hall–Kier alpha value is -2.46. The van der Waals surface area contributed by atoms with Crippen molar-refractivity contribution in [2.75, 3.05) is 0 Å². The van der Waals surface area contributed by atoms with Gasteiger partial charge in [0.25, 0.3) is 0 Å². The zero-order chi connectivity index (χ0) is 17.1. The molecule has 1 atom stereocenters. The normalized spacial score (nSPS) is 12.3. The smallest absolute Gasteiger partial charge is 0.135 e. The molecule has 0 fully saturated rings. The van der Waals surface area contributed by atoms with Crippen LogP contribution in [0.4, 0.5) is 4.39 Å². The maximum atomic E-state index is 15.0. The summed E-state index contributed by atoms with van der Waals surface area (Å²) >= 11 is 0. The van der Waals surface area contributed by atoms with Crippen molar-refractivity contribution in [1.82, 2.24) is 9.78 Å². The molecule has 0 aliphatic carbocycles. The zero-order valence-electron chi connectivity index (χ0n) is 14.0. The summed E-state index contributed by atoms with van der Waals surface area (Å²) in [4.78, 5) is 0. The van der Waals surface area contributed by atoms with Gasteiger partial charge < -0.3 is 5.73 Å². The second-order valence-electron chi connectivity index (χ2n) is 6.09. The Kier molecular flexibility index (Phi) is 4.76. The fourth-order valence-corrected chi connectivity index (χ4v) is 2.96. The minimum Gasteiger partial charge on any atom is -0.324 e. The summed E-state index contributed by atoms with van der Waals surface area (Å²) in [7, 11) is 1.88. The summed E-state index contributed by atoms with van der Waals surface area (Å²) in [5.74, 6) is -0.221. The van der Waals surface area contributed by atoms with Crippen molar-refractivity contribution in [3.8, 4) is 22.3 Å². The van der Waals surface area contributed by atoms with Crippen LogP contribution in [0.15, 0.2) is 54.9 Å². The van der Waals surface area contributed by atoms with Gasteiger partial charge in [0.15, 0.2) is 0 Å². The number of benzene rings is 2. The van der Waals surface area contributed by atoms with Crippen LogP contribution < -0.4 is 5.73 Å². The van der Waals surface area contributed by atoms with Crippen LogP contribution in [-0.4, -0.2) is 9.78 Å². The van der Waals surface area contributed by atoms with Crippen molar-refractivity contribution in [1.29, 1.82) is 0 Å². The first-order chi connectivity index (χ1) is 11.6. The number of aryl methyl sites for hydroxylation is 1. The van der Waals surface area contributed by atoms with Crippen molar-refractivity contribution in [2.24, 2.45) is 12.8 Å². The van der Waals surface area contributed by atoms with E-state index < -0.39 is 0 Å². The molecule has 0 spiro atoms. The van der Waals surface area contributed by atoms with Crippen molar-refractivity contribution in [3.63, 3.8) is 0 Å². The molecule has 2 N–H and O–H groups in total. The van der Waals surface area contributed by atoms with Crippen LogP contribution in [-0.2, 0) is 7.05 Å². The van der Waals surface area contributed by atoms with Gasteiger partial charge in [0.2, 0.25) is 0 Å². The molecule has 0 amide bonds. The van der Waals surface area contributed by atoms with Crippen molar-refractivity contribution >= 4 is 0 Å². The Labute approximate surface area is 141 Å². The van der Waals surface area contributed by atoms with Crippen molar-refractivity contribution in [2.45, 2.75) is 25.8 Å². The van der Waals surface area contributed by atoms with Crippen LogP contribution in [0.2, 0.25) is 0 Å². The molecule has 4 heteroatoms. The fourth-order valence-electron chi connectivity index (χ4n) is 2.96. The number of halogens is 1. The third-order valence-electron chi connectivity index (χ3n) is 4.24. The lowest BCUT2D eigenvalue weighted by molar-refractivity contribution is 0.562. The summed E-state index contributed by atoms with van der Waals surface area (Å²) in [5.41, 5.74) is 10.2. The molecular weight excluding hydrogens is 301 g/mol. The molecule has 1 heterocycles. The molecule has 2 aromatic carbocycles. The molecule has 0 aliphatic rings. The second-order valence-corrected chi connectivity index (χ2v) is 6.09. The molecule has 0 bridgehead atoms. The Balaban J connectivity index is 2.02. The van der Waals surface area contributed by atoms with Gasteiger partial charge in [-0.05, 0) is 23.6 Å². The van der Waals surface area contributed by atoms with E-state index in [-0.39, 0.29) is 11.9 Å². The zero-order valence-corrected chi connectivity index (χ0v) is 14.0. The monoisotopic (exact) mass is 323 g/mol. The van der Waals surface area contributed by atoms with Gasteiger partial charge in [-0.2, -0.15) is 5.10 Å². The standard InChI is InChI=1S/C20H22FN3/c1-3-6-19(22)18-10-5-9-17(20(18)21)15-8-4-7-14(11-15)16-12-23-24(2)13-16/h4-5,7-13,19H,3,6,22H2,1-2H3. The highest BCUT2D eigenvalue weighted by molar-refractivity contribution is 5.73. The van der Waals surface area contributed by atoms with Crippen LogP contribution in [0.25, 0.3) is 22.3 Å². The van der Waals surface area contributed by atoms with Crippen molar-refractivity contribution < 1.29 is 4.39 Å². The quantitative estimate of drug-likeness (QED) is 0.740. The molecule has 3 aromatic rings. The van der Waals surface area contributed by atoms with Gasteiger partial charge in [-0.15, -0.1) is 0 Å². The molecule has 1 unspecified atom stereocenters. The molecule has 3 nitrogen and oxygen atoms in total. The molecule has 0 saturated heterocycles. The van der Waals surface area contributed by atoms with E-state index >= 15 is 0 Å². The average Bonchev–Trinajstić information content (AvgIpc) is 3.02. The van der Waals surface area contributed by atoms with E-state index in [0.29, 0.717) is 11.1 Å². The lowest BCUT2D eigenvalue weighted by Crippen LogP contribution is -2.12. The first-order valence-electron chi connectivity index (χ1n) is 8.23. The third-order valence-corrected chi connectivity index (χ3v) is 4.24. The SMILES string of the molecule is CCCC(N)c1cccc(-c2cccc(-c3cnn(C)c3)c2)c1F. The minimum absolute atomic E-state index is 0.221. The fraction of sp³-hybridized carbons (Fsp3) is 0.250. The van der Waals surface area contributed by atoms with Gasteiger partial charge in [0.1, 0.15) is 5.82 Å². The van der Waals surface area contributed by atoms with Gasteiger partial charge in [0, 0.05) is 36.0 Å². The lowest BCUT2D eigenvalue weighted by Gasteiger charge is -2.15. The van der Waals surface area contributed by atoms with E-state index in [1.54, 1.807) is 16.8 Å². The molecule has 24 heavy (non-hydrogen) atoms. The minimum atomic E-state index is -0.267. The predicted molar refractivity (Wildman–Crippen MR) is 95.9 cm³/mol. The van der Waals surface area contributed by atoms with Crippen LogP contribution in [0.3, 0.4) is 0 Å². The number of rotatable bonds is 5. The van der Waals surface area contributed by atoms with E-state index in [0.717, 1.165) is 29.5 Å². The summed E-state index contributed by atoms with van der Waals surface area (Å²) in [6, 6.07) is 13.1. The third kappa shape index (κ3) is 3.24.